The van der Waals surface area contributed by atoms with E-state index in [4.69, 9.17) is 0 Å². The number of nitrogens with zero attached hydrogens (tertiary/aromatic N) is 1. The fourth-order valence-electron chi connectivity index (χ4n) is 1.34. The Labute approximate surface area is 108 Å². The molecule has 96 valence electrons. The third-order valence-electron chi connectivity index (χ3n) is 2.13. The van der Waals surface area contributed by atoms with Gasteiger partial charge < -0.3 is 0 Å². The van der Waals surface area contributed by atoms with Crippen LogP contribution in [0.15, 0.2) is 34.7 Å². The molecule has 1 unspecified atom stereocenters. The summed E-state index contributed by atoms with van der Waals surface area (Å²) in [6, 6.07) is 4.12. The predicted molar refractivity (Wildman–Crippen MR) is 65.8 cm³/mol. The predicted octanol–water partition coefficient (Wildman–Crippen LogP) is 3.71. The van der Waals surface area contributed by atoms with Gasteiger partial charge >= 0.3 is 0 Å². The van der Waals surface area contributed by atoms with E-state index in [9.17, 15) is 17.4 Å². The van der Waals surface area contributed by atoms with E-state index in [2.05, 4.69) is 4.98 Å². The highest BCUT2D eigenvalue weighted by Crippen LogP contribution is 2.25. The summed E-state index contributed by atoms with van der Waals surface area (Å²) >= 11 is 1.19. The van der Waals surface area contributed by atoms with Gasteiger partial charge in [-0.05, 0) is 24.6 Å². The van der Waals surface area contributed by atoms with Gasteiger partial charge in [0.1, 0.15) is 5.82 Å². The number of halogens is 3. The largest absolute Gasteiger partial charge is 0.266 e. The first-order chi connectivity index (χ1) is 8.56. The van der Waals surface area contributed by atoms with Crippen molar-refractivity contribution in [1.29, 1.82) is 0 Å². The summed E-state index contributed by atoms with van der Waals surface area (Å²) in [4.78, 5) is 4.04. The molecule has 1 atom stereocenters. The van der Waals surface area contributed by atoms with Crippen LogP contribution in [0.4, 0.5) is 13.2 Å². The molecule has 7 heteroatoms. The average molecular weight is 291 g/mol. The van der Waals surface area contributed by atoms with E-state index in [1.54, 1.807) is 6.07 Å². The molecule has 1 aromatic heterocycles. The van der Waals surface area contributed by atoms with Crippen LogP contribution in [0.25, 0.3) is 10.2 Å². The summed E-state index contributed by atoms with van der Waals surface area (Å²) in [5, 5.41) is 0. The molecule has 2 rings (SSSR count). The zero-order valence-electron chi connectivity index (χ0n) is 9.03. The van der Waals surface area contributed by atoms with Gasteiger partial charge in [0, 0.05) is 11.8 Å². The van der Waals surface area contributed by atoms with Crippen molar-refractivity contribution in [3.8, 4) is 0 Å². The van der Waals surface area contributed by atoms with Crippen LogP contribution in [0.2, 0.25) is 0 Å². The van der Waals surface area contributed by atoms with Crippen molar-refractivity contribution in [2.75, 3.05) is 5.75 Å². The fourth-order valence-corrected chi connectivity index (χ4v) is 3.61. The number of fused-ring (bicyclic) bond motifs is 1. The van der Waals surface area contributed by atoms with E-state index in [0.29, 0.717) is 9.86 Å². The minimum Gasteiger partial charge on any atom is -0.252 e. The van der Waals surface area contributed by atoms with E-state index in [-0.39, 0.29) is 12.2 Å². The highest BCUT2D eigenvalue weighted by molar-refractivity contribution is 7.87. The van der Waals surface area contributed by atoms with Gasteiger partial charge in [-0.3, -0.25) is 4.21 Å². The second-order valence-corrected chi connectivity index (χ2v) is 6.20. The summed E-state index contributed by atoms with van der Waals surface area (Å²) in [7, 11) is -1.43. The number of benzene rings is 1. The molecule has 0 saturated carbocycles. The van der Waals surface area contributed by atoms with Crippen LogP contribution in [0, 0.1) is 5.82 Å². The zero-order chi connectivity index (χ0) is 13.1. The van der Waals surface area contributed by atoms with Crippen LogP contribution in [0.3, 0.4) is 0 Å². The molecule has 0 fully saturated rings. The Morgan fingerprint density at radius 2 is 2.22 bits per heavy atom. The summed E-state index contributed by atoms with van der Waals surface area (Å²) in [5.41, 5.74) is 0.440. The summed E-state index contributed by atoms with van der Waals surface area (Å²) in [6.07, 6.45) is -1.03. The summed E-state index contributed by atoms with van der Waals surface area (Å²) < 4.78 is 49.4. The number of aromatic nitrogens is 1. The number of allylic oxidation sites excluding steroid dienone is 1. The van der Waals surface area contributed by atoms with E-state index in [1.807, 2.05) is 0 Å². The van der Waals surface area contributed by atoms with Gasteiger partial charge in [0.2, 0.25) is 0 Å². The Morgan fingerprint density at radius 3 is 2.94 bits per heavy atom. The van der Waals surface area contributed by atoms with Crippen molar-refractivity contribution in [3.05, 3.63) is 36.2 Å². The van der Waals surface area contributed by atoms with Gasteiger partial charge in [-0.2, -0.15) is 8.78 Å². The fraction of sp³-hybridized carbons (Fsp3) is 0.182. The Kier molecular flexibility index (Phi) is 4.13. The normalized spacial score (nSPS) is 12.6. The third kappa shape index (κ3) is 3.17. The quantitative estimate of drug-likeness (QED) is 0.859. The van der Waals surface area contributed by atoms with Gasteiger partial charge in [0.05, 0.1) is 21.0 Å². The summed E-state index contributed by atoms with van der Waals surface area (Å²) in [5.74, 6) is -0.327. The lowest BCUT2D eigenvalue weighted by atomic mass is 10.3. The number of hydrogen-bond acceptors (Lipinski definition) is 3. The molecule has 0 N–H and O–H groups in total. The minimum absolute atomic E-state index is 0.0270. The lowest BCUT2D eigenvalue weighted by Gasteiger charge is -1.93. The zero-order valence-corrected chi connectivity index (χ0v) is 10.7. The molecular formula is C11H8F3NOS2. The van der Waals surface area contributed by atoms with Gasteiger partial charge in [-0.15, -0.1) is 11.3 Å². The molecular weight excluding hydrogens is 283 g/mol. The first-order valence-corrected chi connectivity index (χ1v) is 7.15. The van der Waals surface area contributed by atoms with Crippen LogP contribution in [-0.2, 0) is 10.8 Å². The molecule has 0 saturated heterocycles. The van der Waals surface area contributed by atoms with Crippen molar-refractivity contribution in [3.63, 3.8) is 0 Å². The molecule has 0 aliphatic carbocycles. The van der Waals surface area contributed by atoms with E-state index in [1.165, 1.54) is 23.5 Å². The highest BCUT2D eigenvalue weighted by Gasteiger charge is 2.10. The van der Waals surface area contributed by atoms with Gasteiger partial charge in [-0.25, -0.2) is 9.37 Å². The van der Waals surface area contributed by atoms with Gasteiger partial charge in [0.25, 0.3) is 6.08 Å². The second kappa shape index (κ2) is 5.62. The molecule has 0 aliphatic heterocycles. The molecule has 0 aliphatic rings. The standard InChI is InChI=1S/C11H8F3NOS2/c12-7-3-4-9-8(6-7)15-11(17-9)18(16)5-1-2-10(13)14/h2-4,6H,1,5H2. The van der Waals surface area contributed by atoms with Crippen LogP contribution in [0.5, 0.6) is 0 Å². The number of rotatable bonds is 4. The molecule has 0 spiro atoms. The van der Waals surface area contributed by atoms with Crippen LogP contribution < -0.4 is 0 Å². The molecule has 2 aromatic rings. The number of thiazole rings is 1. The SMILES string of the molecule is O=S(CCC=C(F)F)c1nc2cc(F)ccc2s1. The topological polar surface area (TPSA) is 30.0 Å². The smallest absolute Gasteiger partial charge is 0.252 e. The molecule has 1 aromatic carbocycles. The minimum atomic E-state index is -1.78. The van der Waals surface area contributed by atoms with E-state index in [0.717, 1.165) is 10.8 Å². The monoisotopic (exact) mass is 291 g/mol. The first-order valence-electron chi connectivity index (χ1n) is 5.02. The van der Waals surface area contributed by atoms with Gasteiger partial charge in [0.15, 0.2) is 4.34 Å². The molecule has 0 radical (unpaired) electrons. The average Bonchev–Trinajstić information content (AvgIpc) is 2.71. The third-order valence-corrected chi connectivity index (χ3v) is 4.85. The molecule has 0 bridgehead atoms. The molecule has 2 nitrogen and oxygen atoms in total. The highest BCUT2D eigenvalue weighted by atomic mass is 32.2. The second-order valence-electron chi connectivity index (χ2n) is 3.42. The Hall–Kier alpha value is -1.21. The lowest BCUT2D eigenvalue weighted by molar-refractivity contribution is 0.418. The van der Waals surface area contributed by atoms with Crippen molar-refractivity contribution in [2.24, 2.45) is 0 Å². The maximum atomic E-state index is 12.9. The Morgan fingerprint density at radius 1 is 1.44 bits per heavy atom. The van der Waals surface area contributed by atoms with E-state index < -0.39 is 22.7 Å². The van der Waals surface area contributed by atoms with Crippen molar-refractivity contribution in [1.82, 2.24) is 4.98 Å². The molecule has 18 heavy (non-hydrogen) atoms. The van der Waals surface area contributed by atoms with Gasteiger partial charge in [-0.1, -0.05) is 0 Å². The summed E-state index contributed by atoms with van der Waals surface area (Å²) in [6.45, 7) is 0. The van der Waals surface area contributed by atoms with Crippen molar-refractivity contribution >= 4 is 32.4 Å². The maximum Gasteiger partial charge on any atom is 0.266 e. The van der Waals surface area contributed by atoms with Crippen molar-refractivity contribution in [2.45, 2.75) is 10.8 Å². The maximum absolute atomic E-state index is 12.9. The first kappa shape index (κ1) is 13.2. The molecule has 1 heterocycles. The Balaban J connectivity index is 2.15. The van der Waals surface area contributed by atoms with Crippen LogP contribution in [0.1, 0.15) is 6.42 Å². The number of hydrogen-bond donors (Lipinski definition) is 0. The Bertz CT molecular complexity index is 620. The van der Waals surface area contributed by atoms with Crippen LogP contribution >= 0.6 is 11.3 Å². The lowest BCUT2D eigenvalue weighted by Crippen LogP contribution is -1.96. The van der Waals surface area contributed by atoms with Crippen molar-refractivity contribution < 1.29 is 17.4 Å². The van der Waals surface area contributed by atoms with Crippen LogP contribution in [-0.4, -0.2) is 14.9 Å². The molecule has 0 amide bonds. The van der Waals surface area contributed by atoms with E-state index >= 15 is 0 Å².